The van der Waals surface area contributed by atoms with Gasteiger partial charge < -0.3 is 15.4 Å². The third kappa shape index (κ3) is 6.74. The Morgan fingerprint density at radius 1 is 1.22 bits per heavy atom. The number of esters is 1. The summed E-state index contributed by atoms with van der Waals surface area (Å²) in [4.78, 5) is 30.8. The summed E-state index contributed by atoms with van der Waals surface area (Å²) in [6, 6.07) is 3.36. The Labute approximate surface area is 219 Å². The van der Waals surface area contributed by atoms with Crippen LogP contribution in [0.1, 0.15) is 96.4 Å². The number of nitrogens with zero attached hydrogens (tertiary/aromatic N) is 3. The number of aryl methyl sites for hydroxylation is 1. The van der Waals surface area contributed by atoms with Gasteiger partial charge >= 0.3 is 5.97 Å². The third-order valence-corrected chi connectivity index (χ3v) is 6.56. The first kappa shape index (κ1) is 28.8. The maximum absolute atomic E-state index is 15.8. The van der Waals surface area contributed by atoms with E-state index in [4.69, 9.17) is 4.74 Å². The number of aromatic nitrogens is 3. The predicted molar refractivity (Wildman–Crippen MR) is 143 cm³/mol. The lowest BCUT2D eigenvalue weighted by molar-refractivity contribution is -0.170. The van der Waals surface area contributed by atoms with Crippen molar-refractivity contribution >= 4 is 23.4 Å². The fraction of sp³-hybridized carbons (Fsp3) is 0.643. The molecule has 0 spiro atoms. The molecule has 9 heteroatoms. The van der Waals surface area contributed by atoms with Gasteiger partial charge in [-0.1, -0.05) is 6.92 Å². The highest BCUT2D eigenvalue weighted by molar-refractivity contribution is 5.97. The van der Waals surface area contributed by atoms with Crippen LogP contribution in [-0.2, 0) is 21.5 Å². The summed E-state index contributed by atoms with van der Waals surface area (Å²) in [5.41, 5.74) is -0.866. The molecule has 0 radical (unpaired) electrons. The molecule has 1 saturated heterocycles. The molecule has 3 rings (SSSR count). The van der Waals surface area contributed by atoms with Crippen LogP contribution < -0.4 is 10.6 Å². The van der Waals surface area contributed by atoms with E-state index in [1.165, 1.54) is 6.07 Å². The van der Waals surface area contributed by atoms with Gasteiger partial charge in [-0.15, -0.1) is 0 Å². The molecule has 0 amide bonds. The smallest absolute Gasteiger partial charge is 0.313 e. The molecule has 8 nitrogen and oxygen atoms in total. The van der Waals surface area contributed by atoms with Gasteiger partial charge in [-0.2, -0.15) is 5.10 Å². The molecule has 2 atom stereocenters. The summed E-state index contributed by atoms with van der Waals surface area (Å²) in [6.45, 7) is 17.9. The maximum atomic E-state index is 15.8. The fourth-order valence-corrected chi connectivity index (χ4v) is 4.95. The summed E-state index contributed by atoms with van der Waals surface area (Å²) in [5.74, 6) is -0.512. The van der Waals surface area contributed by atoms with Crippen LogP contribution in [0.25, 0.3) is 0 Å². The van der Waals surface area contributed by atoms with Crippen molar-refractivity contribution in [2.45, 2.75) is 105 Å². The average Bonchev–Trinajstić information content (AvgIpc) is 3.14. The molecular weight excluding hydrogens is 473 g/mol. The van der Waals surface area contributed by atoms with Crippen molar-refractivity contribution < 1.29 is 18.7 Å². The van der Waals surface area contributed by atoms with Gasteiger partial charge in [0, 0.05) is 30.6 Å². The molecule has 1 aliphatic heterocycles. The van der Waals surface area contributed by atoms with Crippen molar-refractivity contribution in [2.24, 2.45) is 5.41 Å². The zero-order valence-corrected chi connectivity index (χ0v) is 23.7. The molecule has 2 N–H and O–H groups in total. The number of hydrogen-bond acceptors (Lipinski definition) is 7. The molecule has 1 aliphatic rings. The van der Waals surface area contributed by atoms with Gasteiger partial charge in [0.05, 0.1) is 22.2 Å². The van der Waals surface area contributed by atoms with Crippen molar-refractivity contribution in [2.75, 3.05) is 11.9 Å². The number of hydrogen-bond donors (Lipinski definition) is 2. The first-order chi connectivity index (χ1) is 17.0. The SMILES string of the molecule is CCC(=O)c1cc(Nc2cc(C)n(C(C)(C)C)n2)nc(CC2(C(=O)OC(C)(C)C)CCNC(C)C2)c1F. The summed E-state index contributed by atoms with van der Waals surface area (Å²) < 4.78 is 23.5. The number of Topliss-reactive ketones (excluding diaryl/α,β-unsaturated/α-hetero) is 1. The second-order valence-electron chi connectivity index (χ2n) is 12.2. The summed E-state index contributed by atoms with van der Waals surface area (Å²) in [6.07, 6.45) is 1.15. The Morgan fingerprint density at radius 2 is 1.89 bits per heavy atom. The van der Waals surface area contributed by atoms with Gasteiger partial charge in [0.2, 0.25) is 0 Å². The molecule has 2 aromatic heterocycles. The largest absolute Gasteiger partial charge is 0.460 e. The molecule has 3 heterocycles. The van der Waals surface area contributed by atoms with Gasteiger partial charge in [0.25, 0.3) is 0 Å². The second kappa shape index (κ2) is 10.5. The quantitative estimate of drug-likeness (QED) is 0.373. The van der Waals surface area contributed by atoms with Crippen molar-refractivity contribution in [1.29, 1.82) is 0 Å². The van der Waals surface area contributed by atoms with Crippen molar-refractivity contribution in [1.82, 2.24) is 20.1 Å². The van der Waals surface area contributed by atoms with E-state index in [0.29, 0.717) is 31.0 Å². The van der Waals surface area contributed by atoms with Crippen LogP contribution >= 0.6 is 0 Å². The zero-order chi connectivity index (χ0) is 27.8. The number of carbonyl (C=O) groups is 2. The van der Waals surface area contributed by atoms with Crippen molar-refractivity contribution in [3.05, 3.63) is 34.9 Å². The summed E-state index contributed by atoms with van der Waals surface area (Å²) >= 11 is 0. The number of anilines is 2. The lowest BCUT2D eigenvalue weighted by Gasteiger charge is -2.40. The van der Waals surface area contributed by atoms with E-state index in [9.17, 15) is 9.59 Å². The minimum atomic E-state index is -0.957. The third-order valence-electron chi connectivity index (χ3n) is 6.56. The monoisotopic (exact) mass is 515 g/mol. The van der Waals surface area contributed by atoms with Gasteiger partial charge in [0.15, 0.2) is 17.4 Å². The Kier molecular flexibility index (Phi) is 8.17. The van der Waals surface area contributed by atoms with Crippen LogP contribution in [0.2, 0.25) is 0 Å². The molecule has 0 bridgehead atoms. The average molecular weight is 516 g/mol. The normalized spacial score (nSPS) is 20.5. The first-order valence-electron chi connectivity index (χ1n) is 13.1. The molecule has 37 heavy (non-hydrogen) atoms. The second-order valence-corrected chi connectivity index (χ2v) is 12.2. The van der Waals surface area contributed by atoms with Crippen molar-refractivity contribution in [3.8, 4) is 0 Å². The van der Waals surface area contributed by atoms with E-state index in [1.807, 2.05) is 45.4 Å². The number of halogens is 1. The van der Waals surface area contributed by atoms with Crippen LogP contribution in [0, 0.1) is 18.2 Å². The van der Waals surface area contributed by atoms with Crippen LogP contribution in [0.5, 0.6) is 0 Å². The lowest BCUT2D eigenvalue weighted by Crippen LogP contribution is -2.50. The zero-order valence-electron chi connectivity index (χ0n) is 23.7. The summed E-state index contributed by atoms with van der Waals surface area (Å²) in [5, 5.41) is 11.2. The van der Waals surface area contributed by atoms with E-state index < -0.39 is 16.8 Å². The number of carbonyl (C=O) groups excluding carboxylic acids is 2. The number of ketones is 1. The molecule has 1 fully saturated rings. The fourth-order valence-electron chi connectivity index (χ4n) is 4.95. The van der Waals surface area contributed by atoms with Crippen molar-refractivity contribution in [3.63, 3.8) is 0 Å². The molecule has 0 aromatic carbocycles. The minimum absolute atomic E-state index is 0.0364. The Balaban J connectivity index is 2.06. The van der Waals surface area contributed by atoms with Crippen LogP contribution in [0.3, 0.4) is 0 Å². The Hall–Kier alpha value is -2.81. The minimum Gasteiger partial charge on any atom is -0.460 e. The standard InChI is InChI=1S/C28H42FN5O3/c1-10-21(35)19-14-22(32-23-13-18(3)34(33-23)26(4,5)6)31-20(24(19)29)16-28(11-12-30-17(2)15-28)25(36)37-27(7,8)9/h13-14,17,30H,10-12,15-16H2,1-9H3,(H,31,32,33). The predicted octanol–water partition coefficient (Wildman–Crippen LogP) is 5.46. The van der Waals surface area contributed by atoms with E-state index in [-0.39, 0.29) is 47.4 Å². The number of ether oxygens (including phenoxy) is 1. The van der Waals surface area contributed by atoms with Crippen LogP contribution in [-0.4, -0.2) is 44.7 Å². The summed E-state index contributed by atoms with van der Waals surface area (Å²) in [7, 11) is 0. The topological polar surface area (TPSA) is 98.1 Å². The molecule has 0 aliphatic carbocycles. The number of pyridine rings is 1. The van der Waals surface area contributed by atoms with Gasteiger partial charge in [-0.3, -0.25) is 14.3 Å². The van der Waals surface area contributed by atoms with Gasteiger partial charge in [0.1, 0.15) is 11.4 Å². The van der Waals surface area contributed by atoms with Crippen LogP contribution in [0.4, 0.5) is 16.0 Å². The molecule has 204 valence electrons. The van der Waals surface area contributed by atoms with E-state index in [0.717, 1.165) is 5.69 Å². The van der Waals surface area contributed by atoms with E-state index in [2.05, 4.69) is 41.5 Å². The van der Waals surface area contributed by atoms with Gasteiger partial charge in [-0.05, 0) is 80.8 Å². The highest BCUT2D eigenvalue weighted by Gasteiger charge is 2.45. The Morgan fingerprint density at radius 3 is 2.43 bits per heavy atom. The molecular formula is C28H42FN5O3. The molecule has 0 saturated carbocycles. The highest BCUT2D eigenvalue weighted by Crippen LogP contribution is 2.39. The Bertz CT molecular complexity index is 1160. The van der Waals surface area contributed by atoms with Gasteiger partial charge in [-0.25, -0.2) is 9.37 Å². The number of nitrogens with one attached hydrogen (secondary N) is 2. The first-order valence-corrected chi connectivity index (χ1v) is 13.1. The van der Waals surface area contributed by atoms with E-state index >= 15 is 4.39 Å². The number of rotatable bonds is 7. The maximum Gasteiger partial charge on any atom is 0.313 e. The number of piperidine rings is 1. The molecule has 2 unspecified atom stereocenters. The van der Waals surface area contributed by atoms with E-state index in [1.54, 1.807) is 6.92 Å². The lowest BCUT2D eigenvalue weighted by atomic mass is 9.72. The molecule has 2 aromatic rings. The van der Waals surface area contributed by atoms with Crippen LogP contribution in [0.15, 0.2) is 12.1 Å². The highest BCUT2D eigenvalue weighted by atomic mass is 19.1.